The number of ether oxygens (including phenoxy) is 1. The van der Waals surface area contributed by atoms with Gasteiger partial charge in [-0.1, -0.05) is 0 Å². The molecule has 124 valence electrons. The van der Waals surface area contributed by atoms with Crippen LogP contribution in [0.1, 0.15) is 24.6 Å². The van der Waals surface area contributed by atoms with Gasteiger partial charge in [-0.15, -0.1) is 0 Å². The smallest absolute Gasteiger partial charge is 0.330 e. The SMILES string of the molecule is O=c1[nH]c(=O)n([C@@H]2O[C@H](CO)[C@@H](O)[C@@H]2F)cc1CCCCF. The summed E-state index contributed by atoms with van der Waals surface area (Å²) in [7, 11) is 0. The quantitative estimate of drug-likeness (QED) is 0.608. The van der Waals surface area contributed by atoms with Gasteiger partial charge in [0.15, 0.2) is 12.4 Å². The van der Waals surface area contributed by atoms with Crippen LogP contribution in [0.4, 0.5) is 8.78 Å². The summed E-state index contributed by atoms with van der Waals surface area (Å²) in [5.41, 5.74) is -1.30. The zero-order valence-electron chi connectivity index (χ0n) is 11.7. The Kier molecular flexibility index (Phi) is 5.43. The number of H-pyrrole nitrogens is 1. The molecule has 3 N–H and O–H groups in total. The fourth-order valence-corrected chi connectivity index (χ4v) is 2.38. The van der Waals surface area contributed by atoms with Crippen molar-refractivity contribution in [2.75, 3.05) is 13.3 Å². The first kappa shape index (κ1) is 16.8. The van der Waals surface area contributed by atoms with Gasteiger partial charge in [0.25, 0.3) is 5.56 Å². The van der Waals surface area contributed by atoms with Crippen molar-refractivity contribution < 1.29 is 23.7 Å². The first-order valence-electron chi connectivity index (χ1n) is 6.98. The van der Waals surface area contributed by atoms with Crippen molar-refractivity contribution in [3.8, 4) is 0 Å². The van der Waals surface area contributed by atoms with Gasteiger partial charge >= 0.3 is 5.69 Å². The monoisotopic (exact) mass is 320 g/mol. The van der Waals surface area contributed by atoms with E-state index in [-0.39, 0.29) is 18.4 Å². The maximum atomic E-state index is 14.0. The van der Waals surface area contributed by atoms with Gasteiger partial charge < -0.3 is 14.9 Å². The first-order valence-corrected chi connectivity index (χ1v) is 6.98. The number of hydrogen-bond acceptors (Lipinski definition) is 5. The van der Waals surface area contributed by atoms with E-state index in [1.54, 1.807) is 0 Å². The van der Waals surface area contributed by atoms with Crippen LogP contribution in [0.25, 0.3) is 0 Å². The maximum absolute atomic E-state index is 14.0. The Labute approximate surface area is 124 Å². The first-order chi connectivity index (χ1) is 10.5. The molecule has 0 aromatic carbocycles. The van der Waals surface area contributed by atoms with E-state index in [0.29, 0.717) is 6.42 Å². The number of aryl methyl sites for hydroxylation is 1. The molecule has 9 heteroatoms. The fourth-order valence-electron chi connectivity index (χ4n) is 2.38. The number of hydrogen-bond donors (Lipinski definition) is 3. The van der Waals surface area contributed by atoms with Crippen LogP contribution in [0.3, 0.4) is 0 Å². The van der Waals surface area contributed by atoms with Crippen LogP contribution in [-0.4, -0.2) is 51.4 Å². The van der Waals surface area contributed by atoms with E-state index in [1.807, 2.05) is 4.98 Å². The molecule has 1 aromatic rings. The Balaban J connectivity index is 2.29. The summed E-state index contributed by atoms with van der Waals surface area (Å²) >= 11 is 0. The van der Waals surface area contributed by atoms with Gasteiger partial charge in [0, 0.05) is 11.8 Å². The number of rotatable bonds is 6. The number of nitrogens with zero attached hydrogens (tertiary/aromatic N) is 1. The standard InChI is InChI=1S/C13H18F2N2O5/c14-4-2-1-3-7-5-17(13(21)16-11(7)20)12-9(15)10(19)8(6-18)22-12/h5,8-10,12,18-19H,1-4,6H2,(H,16,20,21)/t8-,9+,10-,12-/m1/s1. The van der Waals surface area contributed by atoms with E-state index in [2.05, 4.69) is 0 Å². The number of halogens is 2. The topological polar surface area (TPSA) is 105 Å². The van der Waals surface area contributed by atoms with Crippen LogP contribution in [0.2, 0.25) is 0 Å². The van der Waals surface area contributed by atoms with Gasteiger partial charge in [0.2, 0.25) is 0 Å². The third-order valence-corrected chi connectivity index (χ3v) is 3.62. The predicted octanol–water partition coefficient (Wildman–Crippen LogP) is -0.582. The van der Waals surface area contributed by atoms with Gasteiger partial charge in [0.05, 0.1) is 13.3 Å². The molecular weight excluding hydrogens is 302 g/mol. The molecule has 1 fully saturated rings. The molecule has 7 nitrogen and oxygen atoms in total. The van der Waals surface area contributed by atoms with Gasteiger partial charge in [-0.25, -0.2) is 9.18 Å². The summed E-state index contributed by atoms with van der Waals surface area (Å²) in [6.07, 6.45) is -3.99. The zero-order chi connectivity index (χ0) is 16.3. The Hall–Kier alpha value is -1.58. The van der Waals surface area contributed by atoms with Crippen molar-refractivity contribution in [2.24, 2.45) is 0 Å². The number of nitrogens with one attached hydrogen (secondary N) is 1. The van der Waals surface area contributed by atoms with E-state index in [1.165, 1.54) is 0 Å². The van der Waals surface area contributed by atoms with Crippen molar-refractivity contribution in [1.82, 2.24) is 9.55 Å². The minimum atomic E-state index is -1.92. The second kappa shape index (κ2) is 7.12. The Bertz CT molecular complexity index is 617. The molecule has 1 aliphatic rings. The lowest BCUT2D eigenvalue weighted by atomic mass is 10.1. The lowest BCUT2D eigenvalue weighted by Crippen LogP contribution is -2.37. The van der Waals surface area contributed by atoms with Gasteiger partial charge in [-0.2, -0.15) is 0 Å². The van der Waals surface area contributed by atoms with E-state index in [4.69, 9.17) is 9.84 Å². The summed E-state index contributed by atoms with van der Waals surface area (Å²) in [6, 6.07) is 0. The van der Waals surface area contributed by atoms with Crippen LogP contribution in [0, 0.1) is 0 Å². The minimum absolute atomic E-state index is 0.200. The molecular formula is C13H18F2N2O5. The molecule has 4 atom stereocenters. The molecule has 0 amide bonds. The van der Waals surface area contributed by atoms with Crippen LogP contribution in [0.15, 0.2) is 15.8 Å². The average molecular weight is 320 g/mol. The molecule has 0 unspecified atom stereocenters. The van der Waals surface area contributed by atoms with Crippen LogP contribution < -0.4 is 11.2 Å². The Morgan fingerprint density at radius 2 is 2.09 bits per heavy atom. The van der Waals surface area contributed by atoms with Gasteiger partial charge in [-0.05, 0) is 19.3 Å². The maximum Gasteiger partial charge on any atom is 0.330 e. The molecule has 1 aliphatic heterocycles. The average Bonchev–Trinajstić information content (AvgIpc) is 2.77. The van der Waals surface area contributed by atoms with E-state index in [9.17, 15) is 23.5 Å². The molecule has 22 heavy (non-hydrogen) atoms. The molecule has 1 aromatic heterocycles. The molecule has 2 rings (SSSR count). The summed E-state index contributed by atoms with van der Waals surface area (Å²) in [5.74, 6) is 0. The van der Waals surface area contributed by atoms with Crippen molar-refractivity contribution in [3.05, 3.63) is 32.6 Å². The van der Waals surface area contributed by atoms with Crippen LogP contribution in [0.5, 0.6) is 0 Å². The second-order valence-electron chi connectivity index (χ2n) is 5.15. The van der Waals surface area contributed by atoms with Crippen molar-refractivity contribution >= 4 is 0 Å². The number of aromatic nitrogens is 2. The summed E-state index contributed by atoms with van der Waals surface area (Å²) in [5, 5.41) is 18.6. The normalized spacial score (nSPS) is 28.2. The van der Waals surface area contributed by atoms with E-state index < -0.39 is 49.1 Å². The highest BCUT2D eigenvalue weighted by Gasteiger charge is 2.45. The van der Waals surface area contributed by atoms with Crippen LogP contribution in [-0.2, 0) is 11.2 Å². The summed E-state index contributed by atoms with van der Waals surface area (Å²) in [4.78, 5) is 25.5. The van der Waals surface area contributed by atoms with E-state index >= 15 is 0 Å². The van der Waals surface area contributed by atoms with E-state index in [0.717, 1.165) is 10.8 Å². The second-order valence-corrected chi connectivity index (χ2v) is 5.15. The van der Waals surface area contributed by atoms with Crippen molar-refractivity contribution in [2.45, 2.75) is 43.9 Å². The van der Waals surface area contributed by atoms with Gasteiger partial charge in [-0.3, -0.25) is 18.7 Å². The number of aromatic amines is 1. The number of aliphatic hydroxyl groups excluding tert-OH is 2. The zero-order valence-corrected chi connectivity index (χ0v) is 11.7. The Morgan fingerprint density at radius 3 is 2.68 bits per heavy atom. The van der Waals surface area contributed by atoms with Crippen molar-refractivity contribution in [1.29, 1.82) is 0 Å². The number of aliphatic hydroxyl groups is 2. The number of alkyl halides is 2. The molecule has 0 spiro atoms. The van der Waals surface area contributed by atoms with Crippen LogP contribution >= 0.6 is 0 Å². The largest absolute Gasteiger partial charge is 0.394 e. The molecule has 0 radical (unpaired) electrons. The molecule has 1 saturated heterocycles. The lowest BCUT2D eigenvalue weighted by Gasteiger charge is -2.16. The molecule has 0 bridgehead atoms. The summed E-state index contributed by atoms with van der Waals surface area (Å²) < 4.78 is 32.1. The molecule has 2 heterocycles. The van der Waals surface area contributed by atoms with Crippen molar-refractivity contribution in [3.63, 3.8) is 0 Å². The third-order valence-electron chi connectivity index (χ3n) is 3.62. The van der Waals surface area contributed by atoms with Gasteiger partial charge in [0.1, 0.15) is 12.2 Å². The lowest BCUT2D eigenvalue weighted by molar-refractivity contribution is -0.0492. The minimum Gasteiger partial charge on any atom is -0.394 e. The Morgan fingerprint density at radius 1 is 1.36 bits per heavy atom. The fraction of sp³-hybridized carbons (Fsp3) is 0.692. The third kappa shape index (κ3) is 3.26. The highest BCUT2D eigenvalue weighted by atomic mass is 19.1. The highest BCUT2D eigenvalue weighted by molar-refractivity contribution is 5.06. The summed E-state index contributed by atoms with van der Waals surface area (Å²) in [6.45, 7) is -1.11. The molecule has 0 aliphatic carbocycles. The molecule has 0 saturated carbocycles. The highest BCUT2D eigenvalue weighted by Crippen LogP contribution is 2.30. The predicted molar refractivity (Wildman–Crippen MR) is 72.1 cm³/mol. The number of unbranched alkanes of at least 4 members (excludes halogenated alkanes) is 1.